The van der Waals surface area contributed by atoms with Gasteiger partial charge in [0.05, 0.1) is 208 Å². The Morgan fingerprint density at radius 2 is 0.633 bits per heavy atom. The fourth-order valence-electron chi connectivity index (χ4n) is 2.93. The Morgan fingerprint density at radius 3 is 0.767 bits per heavy atom. The molecule has 90 heavy (non-hydrogen) atoms. The molecule has 0 aromatic carbocycles. The number of aliphatic hydroxyl groups is 30. The molecular formula is C56H136O34. The first-order valence-corrected chi connectivity index (χ1v) is 29.4. The fraction of sp³-hybridized carbons (Fsp3) is 1.00. The lowest BCUT2D eigenvalue weighted by atomic mass is 9.88. The van der Waals surface area contributed by atoms with Gasteiger partial charge in [0, 0.05) is 42.7 Å². The molecule has 0 amide bonds. The monoisotopic (exact) mass is 1350 g/mol. The molecule has 0 rings (SSSR count). The predicted octanol–water partition coefficient (Wildman–Crippen LogP) is -9.32. The van der Waals surface area contributed by atoms with Crippen LogP contribution in [0.25, 0.3) is 0 Å². The SMILES string of the molecule is CC(C)(CO)CO.CC(CO)(CO)CO.CC(O)CO.CC(O)COC(C)CO.CCC(CO)(CO)CO.CCC(O)O.OCC(CO)(CO)CO.OCC(O)CO.OCCCC(O)CCO.OCCCCO.OCCOCCO.OCCOCCOCCO. The van der Waals surface area contributed by atoms with E-state index in [4.69, 9.17) is 167 Å². The van der Waals surface area contributed by atoms with Gasteiger partial charge in [0.25, 0.3) is 0 Å². The van der Waals surface area contributed by atoms with Crippen LogP contribution in [0.3, 0.4) is 0 Å². The number of hydrogen-bond acceptors (Lipinski definition) is 34. The number of hydrogen-bond donors (Lipinski definition) is 30. The molecule has 564 valence electrons. The van der Waals surface area contributed by atoms with E-state index in [1.165, 1.54) is 6.92 Å². The standard InChI is InChI=1S/C6H14O4.3C6H14O3.C5H12O4.C5H12O3.C5H12O2.C4H10O3.C4H10O2.C3H8O3.2C3H8O2/c7-1-3-9-5-6-10-4-2-8;1-5(8)4-9-6(2)3-7;1-2-6(3-7,4-8)5-9;7-4-1-2-6(9)3-5-8;6-1-5(2-7,3-8)4-9;1-5(2-6,3-7)4-8;1-5(2,3-6)4-7;5-1-3-7-4-2-6;5-3-1-2-4-6;4-1-3(6)2-5;1-3(5)2-4;1-2-3(4)5/h7-8H,1-6H2;5-8H,3-4H2,1-2H3;7-9H,2-5H2,1H3;6-9H,1-5H2;6-9H,1-4H2;6-8H,2-4H2,1H3;6-7H,3-4H2,1-2H3;5-6H,1-4H2;5-6H,1-4H2;3-6H,1-2H2;2*3-5H,2H2,1H3. The highest BCUT2D eigenvalue weighted by Crippen LogP contribution is 2.18. The Balaban J connectivity index is -0.0000000742. The van der Waals surface area contributed by atoms with Crippen molar-refractivity contribution < 1.29 is 172 Å². The van der Waals surface area contributed by atoms with Crippen LogP contribution in [0.2, 0.25) is 0 Å². The van der Waals surface area contributed by atoms with E-state index in [2.05, 4.69) is 4.74 Å². The van der Waals surface area contributed by atoms with Gasteiger partial charge in [-0.05, 0) is 65.7 Å². The Labute approximate surface area is 534 Å². The lowest BCUT2D eigenvalue weighted by Crippen LogP contribution is -2.37. The second-order valence-electron chi connectivity index (χ2n) is 20.3. The lowest BCUT2D eigenvalue weighted by molar-refractivity contribution is -0.0414. The zero-order chi connectivity index (χ0) is 73.2. The topological polar surface area (TPSA) is 644 Å². The minimum atomic E-state index is -1.12. The molecule has 0 aromatic heterocycles. The smallest absolute Gasteiger partial charge is 0.151 e. The van der Waals surface area contributed by atoms with Crippen LogP contribution in [-0.2, 0) is 18.9 Å². The van der Waals surface area contributed by atoms with E-state index >= 15 is 0 Å². The van der Waals surface area contributed by atoms with Crippen LogP contribution in [0.1, 0.15) is 100 Å². The molecule has 0 saturated heterocycles. The van der Waals surface area contributed by atoms with Crippen LogP contribution < -0.4 is 0 Å². The van der Waals surface area contributed by atoms with Crippen molar-refractivity contribution in [3.8, 4) is 0 Å². The summed E-state index contributed by atoms with van der Waals surface area (Å²) in [6, 6.07) is 0. The van der Waals surface area contributed by atoms with E-state index in [0.717, 1.165) is 12.8 Å². The van der Waals surface area contributed by atoms with Gasteiger partial charge in [-0.2, -0.15) is 0 Å². The average molecular weight is 1350 g/mol. The minimum Gasteiger partial charge on any atom is -0.396 e. The van der Waals surface area contributed by atoms with Gasteiger partial charge < -0.3 is 172 Å². The maximum absolute atomic E-state index is 8.91. The van der Waals surface area contributed by atoms with E-state index < -0.39 is 73.4 Å². The first-order chi connectivity index (χ1) is 42.4. The van der Waals surface area contributed by atoms with Crippen LogP contribution in [0.5, 0.6) is 0 Å². The maximum atomic E-state index is 8.91. The van der Waals surface area contributed by atoms with Gasteiger partial charge in [0.15, 0.2) is 6.29 Å². The number of unbranched alkanes of at least 4 members (excludes halogenated alkanes) is 1. The molecule has 30 N–H and O–H groups in total. The van der Waals surface area contributed by atoms with Gasteiger partial charge in [0.2, 0.25) is 0 Å². The van der Waals surface area contributed by atoms with Crippen molar-refractivity contribution in [3.63, 3.8) is 0 Å². The van der Waals surface area contributed by atoms with E-state index in [9.17, 15) is 0 Å². The van der Waals surface area contributed by atoms with E-state index in [-0.39, 0.29) is 144 Å². The van der Waals surface area contributed by atoms with Crippen molar-refractivity contribution in [2.24, 2.45) is 21.7 Å². The summed E-state index contributed by atoms with van der Waals surface area (Å²) in [7, 11) is 0. The molecule has 0 aliphatic heterocycles. The van der Waals surface area contributed by atoms with Crippen molar-refractivity contribution in [1.82, 2.24) is 0 Å². The summed E-state index contributed by atoms with van der Waals surface area (Å²) in [6.45, 7) is 13.5. The van der Waals surface area contributed by atoms with E-state index in [0.29, 0.717) is 78.4 Å². The van der Waals surface area contributed by atoms with Crippen molar-refractivity contribution in [3.05, 3.63) is 0 Å². The molecular weight excluding hydrogens is 1220 g/mol. The highest BCUT2D eigenvalue weighted by atomic mass is 16.5. The molecule has 0 saturated carbocycles. The zero-order valence-corrected chi connectivity index (χ0v) is 55.4. The predicted molar refractivity (Wildman–Crippen MR) is 332 cm³/mol. The molecule has 0 heterocycles. The van der Waals surface area contributed by atoms with E-state index in [1.807, 2.05) is 6.92 Å². The van der Waals surface area contributed by atoms with Gasteiger partial charge in [0.1, 0.15) is 6.10 Å². The summed E-state index contributed by atoms with van der Waals surface area (Å²) in [5, 5.41) is 250. The van der Waals surface area contributed by atoms with Crippen LogP contribution >= 0.6 is 0 Å². The van der Waals surface area contributed by atoms with Crippen molar-refractivity contribution >= 4 is 0 Å². The third-order valence-electron chi connectivity index (χ3n) is 10.1. The molecule has 0 bridgehead atoms. The Kier molecular flexibility index (Phi) is 124. The molecule has 34 nitrogen and oxygen atoms in total. The molecule has 0 aromatic rings. The molecule has 0 spiro atoms. The molecule has 4 unspecified atom stereocenters. The second kappa shape index (κ2) is 96.3. The maximum Gasteiger partial charge on any atom is 0.151 e. The number of aliphatic hydroxyl groups excluding tert-OH is 29. The molecule has 0 aliphatic rings. The first kappa shape index (κ1) is 116. The third kappa shape index (κ3) is 117. The van der Waals surface area contributed by atoms with Crippen molar-refractivity contribution in [1.29, 1.82) is 0 Å². The minimum absolute atomic E-state index is 0.00667. The summed E-state index contributed by atoms with van der Waals surface area (Å²) in [5.41, 5.74) is -2.79. The quantitative estimate of drug-likeness (QED) is 0.0200. The zero-order valence-electron chi connectivity index (χ0n) is 55.4. The fourth-order valence-corrected chi connectivity index (χ4v) is 2.93. The molecule has 34 heteroatoms. The van der Waals surface area contributed by atoms with Crippen LogP contribution in [0.4, 0.5) is 0 Å². The summed E-state index contributed by atoms with van der Waals surface area (Å²) in [6.07, 6.45) is 0.373. The van der Waals surface area contributed by atoms with Crippen LogP contribution in [-0.4, -0.2) is 395 Å². The second-order valence-corrected chi connectivity index (χ2v) is 20.3. The Morgan fingerprint density at radius 1 is 0.322 bits per heavy atom. The van der Waals surface area contributed by atoms with Gasteiger partial charge in [-0.3, -0.25) is 0 Å². The number of ether oxygens (including phenoxy) is 4. The van der Waals surface area contributed by atoms with Crippen LogP contribution in [0, 0.1) is 21.7 Å². The average Bonchev–Trinajstić information content (AvgIpc) is 3.67. The first-order valence-electron chi connectivity index (χ1n) is 29.4. The van der Waals surface area contributed by atoms with Crippen molar-refractivity contribution in [2.75, 3.05) is 205 Å². The largest absolute Gasteiger partial charge is 0.396 e. The third-order valence-corrected chi connectivity index (χ3v) is 10.1. The summed E-state index contributed by atoms with van der Waals surface area (Å²) in [4.78, 5) is 0. The summed E-state index contributed by atoms with van der Waals surface area (Å²) >= 11 is 0. The number of rotatable bonds is 40. The molecule has 0 fully saturated rings. The van der Waals surface area contributed by atoms with Gasteiger partial charge >= 0.3 is 0 Å². The van der Waals surface area contributed by atoms with E-state index in [1.54, 1.807) is 41.5 Å². The molecule has 0 aliphatic carbocycles. The van der Waals surface area contributed by atoms with Crippen molar-refractivity contribution in [2.45, 2.75) is 137 Å². The van der Waals surface area contributed by atoms with Gasteiger partial charge in [-0.1, -0.05) is 34.6 Å². The molecule has 0 radical (unpaired) electrons. The summed E-state index contributed by atoms with van der Waals surface area (Å²) in [5.74, 6) is 0. The highest BCUT2D eigenvalue weighted by Gasteiger charge is 2.27. The lowest BCUT2D eigenvalue weighted by Gasteiger charge is -2.24. The summed E-state index contributed by atoms with van der Waals surface area (Å²) < 4.78 is 19.3. The normalized spacial score (nSPS) is 12.0. The van der Waals surface area contributed by atoms with Gasteiger partial charge in [-0.25, -0.2) is 0 Å². The molecule has 4 atom stereocenters. The Hall–Kier alpha value is -1.36. The van der Waals surface area contributed by atoms with Gasteiger partial charge in [-0.15, -0.1) is 0 Å². The Bertz CT molecular complexity index is 1030. The highest BCUT2D eigenvalue weighted by molar-refractivity contribution is 4.75. The van der Waals surface area contributed by atoms with Crippen LogP contribution in [0.15, 0.2) is 0 Å².